The number of carbonyl (C=O) groups is 1. The second-order valence-corrected chi connectivity index (χ2v) is 8.06. The van der Waals surface area contributed by atoms with Crippen molar-refractivity contribution < 1.29 is 9.53 Å². The zero-order chi connectivity index (χ0) is 18.8. The van der Waals surface area contributed by atoms with Crippen LogP contribution in [-0.4, -0.2) is 23.1 Å². The van der Waals surface area contributed by atoms with Crippen molar-refractivity contribution in [1.82, 2.24) is 10.3 Å². The monoisotopic (exact) mass is 489 g/mol. The van der Waals surface area contributed by atoms with E-state index in [0.717, 1.165) is 4.70 Å². The Kier molecular flexibility index (Phi) is 5.99. The molecule has 3 rings (SSSR count). The van der Waals surface area contributed by atoms with E-state index in [2.05, 4.69) is 31.5 Å². The number of thiocarbonyl (C=S) groups is 1. The number of fused-ring (bicyclic) bond motifs is 1. The molecule has 0 aliphatic heterocycles. The largest absolute Gasteiger partial charge is 0.496 e. The first-order valence-corrected chi connectivity index (χ1v) is 9.87. The van der Waals surface area contributed by atoms with Gasteiger partial charge in [0.15, 0.2) is 10.2 Å². The topological polar surface area (TPSA) is 63.2 Å². The fourth-order valence-electron chi connectivity index (χ4n) is 2.10. The Balaban J connectivity index is 1.71. The summed E-state index contributed by atoms with van der Waals surface area (Å²) >= 11 is 22.0. The molecule has 0 radical (unpaired) electrons. The highest BCUT2D eigenvalue weighted by Crippen LogP contribution is 2.35. The van der Waals surface area contributed by atoms with Gasteiger partial charge in [-0.25, -0.2) is 4.98 Å². The highest BCUT2D eigenvalue weighted by molar-refractivity contribution is 9.10. The van der Waals surface area contributed by atoms with E-state index in [4.69, 9.17) is 40.2 Å². The molecule has 134 valence electrons. The van der Waals surface area contributed by atoms with E-state index in [1.165, 1.54) is 11.3 Å². The minimum absolute atomic E-state index is 0.128. The van der Waals surface area contributed by atoms with Gasteiger partial charge < -0.3 is 10.1 Å². The molecule has 0 unspecified atom stereocenters. The van der Waals surface area contributed by atoms with E-state index < -0.39 is 0 Å². The van der Waals surface area contributed by atoms with Gasteiger partial charge in [0, 0.05) is 5.56 Å². The average Bonchev–Trinajstić information content (AvgIpc) is 3.01. The second kappa shape index (κ2) is 8.06. The van der Waals surface area contributed by atoms with Crippen LogP contribution in [0.2, 0.25) is 10.0 Å². The predicted molar refractivity (Wildman–Crippen MR) is 114 cm³/mol. The van der Waals surface area contributed by atoms with Gasteiger partial charge in [0.25, 0.3) is 5.91 Å². The summed E-state index contributed by atoms with van der Waals surface area (Å²) in [6.07, 6.45) is 0. The van der Waals surface area contributed by atoms with Gasteiger partial charge in [-0.1, -0.05) is 34.5 Å². The number of aromatic nitrogens is 1. The molecule has 26 heavy (non-hydrogen) atoms. The summed E-state index contributed by atoms with van der Waals surface area (Å²) in [7, 11) is 1.55. The number of anilines is 1. The Labute approximate surface area is 176 Å². The molecule has 0 aliphatic carbocycles. The Morgan fingerprint density at radius 3 is 2.77 bits per heavy atom. The van der Waals surface area contributed by atoms with E-state index >= 15 is 0 Å². The number of nitrogens with zero attached hydrogens (tertiary/aromatic N) is 1. The summed E-state index contributed by atoms with van der Waals surface area (Å²) in [5.41, 5.74) is 1.01. The lowest BCUT2D eigenvalue weighted by Crippen LogP contribution is -2.34. The summed E-state index contributed by atoms with van der Waals surface area (Å²) in [6.45, 7) is 0. The third-order valence-corrected chi connectivity index (χ3v) is 5.87. The normalized spacial score (nSPS) is 10.6. The molecule has 0 saturated carbocycles. The third kappa shape index (κ3) is 4.10. The van der Waals surface area contributed by atoms with Crippen LogP contribution < -0.4 is 15.4 Å². The maximum Gasteiger partial charge on any atom is 0.257 e. The van der Waals surface area contributed by atoms with Crippen molar-refractivity contribution in [3.8, 4) is 5.75 Å². The SMILES string of the molecule is COc1ccc(C(=O)NC(=S)Nc2nc3c(Cl)c(Cl)ccc3s2)cc1Br. The smallest absolute Gasteiger partial charge is 0.257 e. The van der Waals surface area contributed by atoms with E-state index in [9.17, 15) is 4.79 Å². The molecule has 0 bridgehead atoms. The Morgan fingerprint density at radius 2 is 2.08 bits per heavy atom. The van der Waals surface area contributed by atoms with Gasteiger partial charge in [-0.3, -0.25) is 10.1 Å². The van der Waals surface area contributed by atoms with Crippen molar-refractivity contribution in [2.75, 3.05) is 12.4 Å². The van der Waals surface area contributed by atoms with Crippen molar-refractivity contribution in [3.05, 3.63) is 50.4 Å². The van der Waals surface area contributed by atoms with Gasteiger partial charge in [0.2, 0.25) is 0 Å². The maximum atomic E-state index is 12.3. The average molecular weight is 491 g/mol. The number of nitrogens with one attached hydrogen (secondary N) is 2. The Bertz CT molecular complexity index is 1030. The lowest BCUT2D eigenvalue weighted by Gasteiger charge is -2.09. The molecule has 2 aromatic carbocycles. The molecule has 1 aromatic heterocycles. The highest BCUT2D eigenvalue weighted by Gasteiger charge is 2.14. The third-order valence-electron chi connectivity index (χ3n) is 3.31. The van der Waals surface area contributed by atoms with Gasteiger partial charge in [-0.2, -0.15) is 0 Å². The number of hydrogen-bond donors (Lipinski definition) is 2. The van der Waals surface area contributed by atoms with Crippen LogP contribution in [0, 0.1) is 0 Å². The fourth-order valence-corrected chi connectivity index (χ4v) is 4.19. The van der Waals surface area contributed by atoms with Crippen LogP contribution >= 0.6 is 62.7 Å². The molecule has 0 atom stereocenters. The highest BCUT2D eigenvalue weighted by atomic mass is 79.9. The number of carbonyl (C=O) groups excluding carboxylic acids is 1. The van der Waals surface area contributed by atoms with Crippen molar-refractivity contribution in [2.45, 2.75) is 0 Å². The second-order valence-electron chi connectivity index (χ2n) is 4.98. The summed E-state index contributed by atoms with van der Waals surface area (Å²) in [6, 6.07) is 8.50. The van der Waals surface area contributed by atoms with Crippen molar-refractivity contribution in [3.63, 3.8) is 0 Å². The van der Waals surface area contributed by atoms with Gasteiger partial charge in [-0.15, -0.1) is 0 Å². The Hall–Kier alpha value is -1.45. The number of halogens is 3. The number of methoxy groups -OCH3 is 1. The first-order chi connectivity index (χ1) is 12.4. The number of thiazole rings is 1. The minimum Gasteiger partial charge on any atom is -0.496 e. The van der Waals surface area contributed by atoms with E-state index in [1.54, 1.807) is 31.4 Å². The number of rotatable bonds is 3. The zero-order valence-corrected chi connectivity index (χ0v) is 17.8. The van der Waals surface area contributed by atoms with Crippen LogP contribution in [0.4, 0.5) is 5.13 Å². The Morgan fingerprint density at radius 1 is 1.31 bits per heavy atom. The first-order valence-electron chi connectivity index (χ1n) is 7.09. The van der Waals surface area contributed by atoms with Crippen LogP contribution in [0.3, 0.4) is 0 Å². The molecule has 1 heterocycles. The fraction of sp³-hybridized carbons (Fsp3) is 0.0625. The quantitative estimate of drug-likeness (QED) is 0.474. The standard InChI is InChI=1S/C16H10BrCl2N3O2S2/c1-24-10-4-2-7(6-8(10)17)14(23)21-15(25)22-16-20-13-11(26-16)5-3-9(18)12(13)19/h2-6H,1H3,(H2,20,21,22,23,25). The zero-order valence-electron chi connectivity index (χ0n) is 13.1. The molecular weight excluding hydrogens is 481 g/mol. The van der Waals surface area contributed by atoms with Gasteiger partial charge in [0.1, 0.15) is 11.3 Å². The molecule has 2 N–H and O–H groups in total. The molecule has 0 saturated heterocycles. The van der Waals surface area contributed by atoms with E-state index in [1.807, 2.05) is 6.07 Å². The van der Waals surface area contributed by atoms with Crippen LogP contribution in [0.5, 0.6) is 5.75 Å². The number of amides is 1. The van der Waals surface area contributed by atoms with Gasteiger partial charge in [-0.05, 0) is 58.5 Å². The number of hydrogen-bond acceptors (Lipinski definition) is 5. The van der Waals surface area contributed by atoms with Gasteiger partial charge in [0.05, 0.1) is 26.3 Å². The van der Waals surface area contributed by atoms with E-state index in [0.29, 0.717) is 36.5 Å². The lowest BCUT2D eigenvalue weighted by molar-refractivity contribution is 0.0977. The van der Waals surface area contributed by atoms with Crippen molar-refractivity contribution in [1.29, 1.82) is 0 Å². The molecular formula is C16H10BrCl2N3O2S2. The van der Waals surface area contributed by atoms with E-state index in [-0.39, 0.29) is 11.0 Å². The van der Waals surface area contributed by atoms with Crippen LogP contribution in [-0.2, 0) is 0 Å². The summed E-state index contributed by atoms with van der Waals surface area (Å²) in [5.74, 6) is 0.278. The molecule has 0 spiro atoms. The summed E-state index contributed by atoms with van der Waals surface area (Å²) in [5, 5.41) is 6.93. The molecule has 1 amide bonds. The predicted octanol–water partition coefficient (Wildman–Crippen LogP) is 5.50. The number of benzene rings is 2. The lowest BCUT2D eigenvalue weighted by atomic mass is 10.2. The summed E-state index contributed by atoms with van der Waals surface area (Å²) in [4.78, 5) is 16.7. The van der Waals surface area contributed by atoms with Crippen molar-refractivity contribution >= 4 is 89.1 Å². The minimum atomic E-state index is -0.354. The molecule has 0 fully saturated rings. The van der Waals surface area contributed by atoms with Crippen LogP contribution in [0.15, 0.2) is 34.8 Å². The maximum absolute atomic E-state index is 12.3. The molecule has 0 aliphatic rings. The van der Waals surface area contributed by atoms with Crippen molar-refractivity contribution in [2.24, 2.45) is 0 Å². The van der Waals surface area contributed by atoms with Gasteiger partial charge >= 0.3 is 0 Å². The molecule has 3 aromatic rings. The number of ether oxygens (including phenoxy) is 1. The van der Waals surface area contributed by atoms with Crippen LogP contribution in [0.1, 0.15) is 10.4 Å². The molecule has 10 heteroatoms. The summed E-state index contributed by atoms with van der Waals surface area (Å²) < 4.78 is 6.67. The first kappa shape index (κ1) is 19.3. The van der Waals surface area contributed by atoms with Crippen LogP contribution in [0.25, 0.3) is 10.2 Å². The molecule has 5 nitrogen and oxygen atoms in total.